The number of hydrogen-bond donors (Lipinski definition) is 0. The molecule has 2 aromatic carbocycles. The first-order chi connectivity index (χ1) is 7.42. The fourth-order valence-electron chi connectivity index (χ4n) is 1.63. The summed E-state index contributed by atoms with van der Waals surface area (Å²) < 4.78 is 0. The topological polar surface area (TPSA) is 23.8 Å². The van der Waals surface area contributed by atoms with Crippen LogP contribution in [-0.2, 0) is 0 Å². The molecule has 0 aromatic heterocycles. The molecule has 0 amide bonds. The van der Waals surface area contributed by atoms with Crippen LogP contribution in [0, 0.1) is 11.2 Å². The zero-order valence-electron chi connectivity index (χ0n) is 8.30. The summed E-state index contributed by atoms with van der Waals surface area (Å²) in [5.74, 6) is 2.33. The number of nitriles is 1. The van der Waals surface area contributed by atoms with Crippen LogP contribution in [0.4, 0.5) is 0 Å². The number of hydrogen-bond acceptors (Lipinski definition) is 1. The number of rotatable bonds is 2. The van der Waals surface area contributed by atoms with Gasteiger partial charge in [-0.15, -0.1) is 0 Å². The van der Waals surface area contributed by atoms with E-state index in [9.17, 15) is 5.26 Å². The molecule has 70 valence electrons. The Hall–Kier alpha value is -2.01. The molecule has 15 heavy (non-hydrogen) atoms. The lowest BCUT2D eigenvalue weighted by atomic mass is 9.42. The van der Waals surface area contributed by atoms with E-state index in [1.165, 1.54) is 0 Å². The van der Waals surface area contributed by atoms with Gasteiger partial charge in [0.15, 0.2) is 0 Å². The summed E-state index contributed by atoms with van der Waals surface area (Å²) in [6.45, 7) is -0.160. The molecule has 0 heterocycles. The first kappa shape index (κ1) is 9.55. The number of nitrogens with zero attached hydrogens (tertiary/aromatic N) is 1. The molecule has 0 radical (unpaired) electrons. The van der Waals surface area contributed by atoms with Crippen LogP contribution in [0.25, 0.3) is 0 Å². The fraction of sp³-hybridized carbons (Fsp3) is 0. The molecule has 0 aliphatic rings. The zero-order chi connectivity index (χ0) is 10.5. The van der Waals surface area contributed by atoms with Crippen LogP contribution in [0.5, 0.6) is 0 Å². The van der Waals surface area contributed by atoms with Crippen molar-refractivity contribution in [3.8, 4) is 5.97 Å². The third kappa shape index (κ3) is 2.08. The molecular formula is C13H10BN. The van der Waals surface area contributed by atoms with Gasteiger partial charge in [0.05, 0.1) is 0 Å². The molecule has 0 atom stereocenters. The van der Waals surface area contributed by atoms with Crippen molar-refractivity contribution in [1.29, 1.82) is 5.26 Å². The molecule has 0 saturated carbocycles. The van der Waals surface area contributed by atoms with E-state index in [1.807, 2.05) is 60.7 Å². The van der Waals surface area contributed by atoms with Crippen LogP contribution in [0.3, 0.4) is 0 Å². The Morgan fingerprint density at radius 2 is 1.13 bits per heavy atom. The van der Waals surface area contributed by atoms with Gasteiger partial charge in [-0.1, -0.05) is 71.6 Å². The van der Waals surface area contributed by atoms with Crippen molar-refractivity contribution in [1.82, 2.24) is 0 Å². The minimum Gasteiger partial charge on any atom is -0.212 e. The third-order valence-electron chi connectivity index (χ3n) is 2.39. The van der Waals surface area contributed by atoms with Gasteiger partial charge in [-0.25, -0.2) is 5.26 Å². The molecule has 1 nitrogen and oxygen atoms in total. The minimum absolute atomic E-state index is 0.160. The first-order valence-electron chi connectivity index (χ1n) is 4.91. The summed E-state index contributed by atoms with van der Waals surface area (Å²) in [5, 5.41) is 9.18. The first-order valence-corrected chi connectivity index (χ1v) is 4.91. The molecule has 0 bridgehead atoms. The Morgan fingerprint density at radius 1 is 0.733 bits per heavy atom. The second-order valence-electron chi connectivity index (χ2n) is 3.38. The van der Waals surface area contributed by atoms with Crippen LogP contribution >= 0.6 is 0 Å². The van der Waals surface area contributed by atoms with E-state index in [2.05, 4.69) is 5.97 Å². The van der Waals surface area contributed by atoms with Gasteiger partial charge in [-0.05, 0) is 0 Å². The average Bonchev–Trinajstić information content (AvgIpc) is 2.33. The van der Waals surface area contributed by atoms with Gasteiger partial charge in [0.2, 0.25) is 0 Å². The largest absolute Gasteiger partial charge is 0.332 e. The van der Waals surface area contributed by atoms with E-state index >= 15 is 0 Å². The molecular weight excluding hydrogens is 181 g/mol. The predicted octanol–water partition coefficient (Wildman–Crippen LogP) is 1.36. The molecule has 0 N–H and O–H groups in total. The summed E-state index contributed by atoms with van der Waals surface area (Å²) in [4.78, 5) is 0. The van der Waals surface area contributed by atoms with E-state index in [4.69, 9.17) is 0 Å². The van der Waals surface area contributed by atoms with Gasteiger partial charge in [-0.3, -0.25) is 0 Å². The van der Waals surface area contributed by atoms with Gasteiger partial charge >= 0.3 is 6.71 Å². The number of benzene rings is 2. The summed E-state index contributed by atoms with van der Waals surface area (Å²) in [6, 6.07) is 19.7. The Kier molecular flexibility index (Phi) is 2.85. The highest BCUT2D eigenvalue weighted by molar-refractivity contribution is 6.91. The third-order valence-corrected chi connectivity index (χ3v) is 2.39. The maximum Gasteiger partial charge on any atom is 0.332 e. The second kappa shape index (κ2) is 4.48. The molecule has 0 unspecified atom stereocenters. The van der Waals surface area contributed by atoms with Gasteiger partial charge in [0, 0.05) is 5.97 Å². The Labute approximate surface area is 90.1 Å². The highest BCUT2D eigenvalue weighted by atomic mass is 14.2. The molecule has 0 aliphatic heterocycles. The van der Waals surface area contributed by atoms with E-state index in [0.29, 0.717) is 0 Å². The summed E-state index contributed by atoms with van der Waals surface area (Å²) in [7, 11) is 0. The van der Waals surface area contributed by atoms with Crippen LogP contribution in [-0.4, -0.2) is 6.71 Å². The molecule has 0 spiro atoms. The Bertz CT molecular complexity index is 419. The van der Waals surface area contributed by atoms with Crippen molar-refractivity contribution in [3.63, 3.8) is 0 Å². The summed E-state index contributed by atoms with van der Waals surface area (Å²) in [6.07, 6.45) is 0. The molecule has 0 aliphatic carbocycles. The van der Waals surface area contributed by atoms with Crippen molar-refractivity contribution in [3.05, 3.63) is 60.7 Å². The molecule has 2 rings (SSSR count). The van der Waals surface area contributed by atoms with Crippen LogP contribution < -0.4 is 10.9 Å². The van der Waals surface area contributed by atoms with Crippen molar-refractivity contribution < 1.29 is 0 Å². The highest BCUT2D eigenvalue weighted by Gasteiger charge is 2.17. The average molecular weight is 191 g/mol. The fourth-order valence-corrected chi connectivity index (χ4v) is 1.63. The lowest BCUT2D eigenvalue weighted by Gasteiger charge is -2.05. The van der Waals surface area contributed by atoms with Crippen LogP contribution in [0.1, 0.15) is 0 Å². The smallest absolute Gasteiger partial charge is 0.212 e. The molecule has 2 heteroatoms. The maximum absolute atomic E-state index is 9.18. The summed E-state index contributed by atoms with van der Waals surface area (Å²) in [5.41, 5.74) is 2.09. The standard InChI is InChI=1S/C13H10BN/c15-11-14(12-7-3-1-4-8-12)13-9-5-2-6-10-13/h1-10H. The van der Waals surface area contributed by atoms with E-state index in [-0.39, 0.29) is 6.71 Å². The van der Waals surface area contributed by atoms with Crippen LogP contribution in [0.15, 0.2) is 60.7 Å². The monoisotopic (exact) mass is 191 g/mol. The Morgan fingerprint density at radius 3 is 1.47 bits per heavy atom. The van der Waals surface area contributed by atoms with Crippen molar-refractivity contribution in [2.45, 2.75) is 0 Å². The van der Waals surface area contributed by atoms with Crippen molar-refractivity contribution >= 4 is 17.6 Å². The highest BCUT2D eigenvalue weighted by Crippen LogP contribution is 1.91. The van der Waals surface area contributed by atoms with Crippen molar-refractivity contribution in [2.24, 2.45) is 0 Å². The molecule has 0 fully saturated rings. The van der Waals surface area contributed by atoms with Gasteiger partial charge < -0.3 is 0 Å². The predicted molar refractivity (Wildman–Crippen MR) is 63.5 cm³/mol. The van der Waals surface area contributed by atoms with E-state index < -0.39 is 0 Å². The quantitative estimate of drug-likeness (QED) is 0.657. The Balaban J connectivity index is 2.39. The SMILES string of the molecule is N#CB(c1ccccc1)c1ccccc1. The van der Waals surface area contributed by atoms with Crippen LogP contribution in [0.2, 0.25) is 0 Å². The van der Waals surface area contributed by atoms with Crippen molar-refractivity contribution in [2.75, 3.05) is 0 Å². The van der Waals surface area contributed by atoms with E-state index in [0.717, 1.165) is 10.9 Å². The molecule has 0 saturated heterocycles. The normalized spacial score (nSPS) is 9.27. The van der Waals surface area contributed by atoms with E-state index in [1.54, 1.807) is 0 Å². The molecule has 2 aromatic rings. The lowest BCUT2D eigenvalue weighted by Crippen LogP contribution is -2.40. The van der Waals surface area contributed by atoms with Gasteiger partial charge in [-0.2, -0.15) is 0 Å². The second-order valence-corrected chi connectivity index (χ2v) is 3.38. The van der Waals surface area contributed by atoms with Gasteiger partial charge in [0.25, 0.3) is 0 Å². The van der Waals surface area contributed by atoms with Gasteiger partial charge in [0.1, 0.15) is 0 Å². The zero-order valence-corrected chi connectivity index (χ0v) is 8.30. The summed E-state index contributed by atoms with van der Waals surface area (Å²) >= 11 is 0. The minimum atomic E-state index is -0.160. The maximum atomic E-state index is 9.18. The lowest BCUT2D eigenvalue weighted by molar-refractivity contribution is 1.56.